The Morgan fingerprint density at radius 3 is 2.47 bits per heavy atom. The summed E-state index contributed by atoms with van der Waals surface area (Å²) in [5, 5.41) is 12.5. The Morgan fingerprint density at radius 1 is 1.24 bits per heavy atom. The van der Waals surface area contributed by atoms with Crippen molar-refractivity contribution in [2.75, 3.05) is 7.11 Å². The minimum absolute atomic E-state index is 0.509. The summed E-state index contributed by atoms with van der Waals surface area (Å²) in [7, 11) is 1.27. The number of esters is 1. The molecule has 88 valence electrons. The molecule has 1 unspecified atom stereocenters. The van der Waals surface area contributed by atoms with Crippen LogP contribution < -0.4 is 0 Å². The Bertz CT molecular complexity index is 493. The number of aliphatic hydroxyl groups is 1. The molecule has 1 atom stereocenters. The minimum atomic E-state index is -1.72. The molecule has 0 radical (unpaired) electrons. The van der Waals surface area contributed by atoms with Gasteiger partial charge in [-0.25, -0.2) is 4.79 Å². The van der Waals surface area contributed by atoms with E-state index in [9.17, 15) is 9.90 Å². The van der Waals surface area contributed by atoms with Gasteiger partial charge in [0.05, 0.1) is 12.0 Å². The summed E-state index contributed by atoms with van der Waals surface area (Å²) in [6.45, 7) is 0. The van der Waals surface area contributed by atoms with Crippen molar-refractivity contribution in [3.05, 3.63) is 58.3 Å². The monoisotopic (exact) mass is 248 g/mol. The highest BCUT2D eigenvalue weighted by Gasteiger charge is 2.42. The van der Waals surface area contributed by atoms with Crippen molar-refractivity contribution in [1.29, 1.82) is 0 Å². The van der Waals surface area contributed by atoms with Crippen LogP contribution in [0, 0.1) is 0 Å². The van der Waals surface area contributed by atoms with Gasteiger partial charge in [0.1, 0.15) is 0 Å². The molecular weight excluding hydrogens is 236 g/mol. The summed E-state index contributed by atoms with van der Waals surface area (Å²) in [6.07, 6.45) is 0. The lowest BCUT2D eigenvalue weighted by molar-refractivity contribution is -0.158. The molecule has 1 aromatic heterocycles. The van der Waals surface area contributed by atoms with Crippen LogP contribution >= 0.6 is 11.3 Å². The van der Waals surface area contributed by atoms with Crippen LogP contribution in [0.25, 0.3) is 0 Å². The zero-order valence-electron chi connectivity index (χ0n) is 9.29. The molecule has 0 aliphatic carbocycles. The lowest BCUT2D eigenvalue weighted by Gasteiger charge is -2.24. The second-order valence-electron chi connectivity index (χ2n) is 3.55. The van der Waals surface area contributed by atoms with Gasteiger partial charge in [0.15, 0.2) is 0 Å². The van der Waals surface area contributed by atoms with E-state index in [1.165, 1.54) is 18.4 Å². The highest BCUT2D eigenvalue weighted by molar-refractivity contribution is 7.10. The first kappa shape index (κ1) is 11.8. The number of carbonyl (C=O) groups is 1. The van der Waals surface area contributed by atoms with Crippen LogP contribution in [0.2, 0.25) is 0 Å². The fraction of sp³-hybridized carbons (Fsp3) is 0.154. The predicted octanol–water partition coefficient (Wildman–Crippen LogP) is 2.16. The van der Waals surface area contributed by atoms with Gasteiger partial charge in [-0.1, -0.05) is 36.4 Å². The van der Waals surface area contributed by atoms with Crippen LogP contribution in [0.5, 0.6) is 0 Å². The first-order valence-corrected chi connectivity index (χ1v) is 5.98. The van der Waals surface area contributed by atoms with Crippen LogP contribution in [-0.4, -0.2) is 18.2 Å². The maximum absolute atomic E-state index is 11.9. The molecule has 17 heavy (non-hydrogen) atoms. The highest BCUT2D eigenvalue weighted by Crippen LogP contribution is 2.33. The third kappa shape index (κ3) is 1.97. The molecule has 0 aliphatic heterocycles. The Hall–Kier alpha value is -1.65. The number of hydrogen-bond donors (Lipinski definition) is 1. The van der Waals surface area contributed by atoms with Gasteiger partial charge >= 0.3 is 5.97 Å². The first-order chi connectivity index (χ1) is 8.19. The number of ether oxygens (including phenoxy) is 1. The fourth-order valence-corrected chi connectivity index (χ4v) is 2.50. The Kier molecular flexibility index (Phi) is 3.26. The van der Waals surface area contributed by atoms with E-state index in [1.807, 2.05) is 11.4 Å². The first-order valence-electron chi connectivity index (χ1n) is 5.10. The van der Waals surface area contributed by atoms with Crippen molar-refractivity contribution in [3.63, 3.8) is 0 Å². The van der Waals surface area contributed by atoms with E-state index < -0.39 is 11.6 Å². The van der Waals surface area contributed by atoms with Gasteiger partial charge in [0.2, 0.25) is 5.60 Å². The standard InChI is InChI=1S/C13H12O3S/c1-16-12(14)13(15,11-8-5-9-17-11)10-6-3-2-4-7-10/h2-9,15H,1H3. The molecule has 1 aromatic carbocycles. The Morgan fingerprint density at radius 2 is 1.94 bits per heavy atom. The summed E-state index contributed by atoms with van der Waals surface area (Å²) in [4.78, 5) is 12.4. The summed E-state index contributed by atoms with van der Waals surface area (Å²) in [5.41, 5.74) is -1.21. The lowest BCUT2D eigenvalue weighted by atomic mass is 9.92. The van der Waals surface area contributed by atoms with Crippen LogP contribution in [0.4, 0.5) is 0 Å². The summed E-state index contributed by atoms with van der Waals surface area (Å²) in [6, 6.07) is 12.3. The maximum Gasteiger partial charge on any atom is 0.348 e. The number of methoxy groups -OCH3 is 1. The van der Waals surface area contributed by atoms with E-state index in [1.54, 1.807) is 36.4 Å². The van der Waals surface area contributed by atoms with Gasteiger partial charge < -0.3 is 9.84 Å². The van der Waals surface area contributed by atoms with E-state index in [0.717, 1.165) is 0 Å². The number of hydrogen-bond acceptors (Lipinski definition) is 4. The second kappa shape index (κ2) is 4.69. The van der Waals surface area contributed by atoms with Gasteiger partial charge in [-0.2, -0.15) is 0 Å². The van der Waals surface area contributed by atoms with Crippen LogP contribution in [0.1, 0.15) is 10.4 Å². The van der Waals surface area contributed by atoms with E-state index in [0.29, 0.717) is 10.4 Å². The number of rotatable bonds is 3. The smallest absolute Gasteiger partial charge is 0.348 e. The van der Waals surface area contributed by atoms with Crippen molar-refractivity contribution in [2.45, 2.75) is 5.60 Å². The second-order valence-corrected chi connectivity index (χ2v) is 4.49. The topological polar surface area (TPSA) is 46.5 Å². The molecular formula is C13H12O3S. The van der Waals surface area contributed by atoms with Crippen molar-refractivity contribution in [1.82, 2.24) is 0 Å². The molecule has 2 aromatic rings. The third-order valence-electron chi connectivity index (χ3n) is 2.55. The van der Waals surface area contributed by atoms with E-state index in [-0.39, 0.29) is 0 Å². The molecule has 0 saturated heterocycles. The Balaban J connectivity index is 2.56. The number of carbonyl (C=O) groups excluding carboxylic acids is 1. The van der Waals surface area contributed by atoms with E-state index in [2.05, 4.69) is 0 Å². The van der Waals surface area contributed by atoms with Crippen molar-refractivity contribution < 1.29 is 14.6 Å². The van der Waals surface area contributed by atoms with Crippen LogP contribution in [0.15, 0.2) is 47.8 Å². The Labute approximate surface area is 103 Å². The fourth-order valence-electron chi connectivity index (χ4n) is 1.67. The molecule has 0 aliphatic rings. The molecule has 1 N–H and O–H groups in total. The molecule has 2 rings (SSSR count). The zero-order valence-corrected chi connectivity index (χ0v) is 10.1. The molecule has 0 fully saturated rings. The maximum atomic E-state index is 11.9. The average molecular weight is 248 g/mol. The molecule has 3 nitrogen and oxygen atoms in total. The summed E-state index contributed by atoms with van der Waals surface area (Å²) >= 11 is 1.32. The van der Waals surface area contributed by atoms with Gasteiger partial charge in [0, 0.05) is 5.56 Å². The molecule has 4 heteroatoms. The molecule has 1 heterocycles. The van der Waals surface area contributed by atoms with Crippen LogP contribution in [-0.2, 0) is 15.1 Å². The number of benzene rings is 1. The third-order valence-corrected chi connectivity index (χ3v) is 3.53. The van der Waals surface area contributed by atoms with E-state index in [4.69, 9.17) is 4.74 Å². The van der Waals surface area contributed by atoms with Crippen LogP contribution in [0.3, 0.4) is 0 Å². The minimum Gasteiger partial charge on any atom is -0.466 e. The van der Waals surface area contributed by atoms with Crippen molar-refractivity contribution in [3.8, 4) is 0 Å². The normalized spacial score (nSPS) is 14.0. The van der Waals surface area contributed by atoms with Gasteiger partial charge in [-0.05, 0) is 11.4 Å². The van der Waals surface area contributed by atoms with Gasteiger partial charge in [-0.15, -0.1) is 11.3 Å². The molecule has 0 spiro atoms. The molecule has 0 saturated carbocycles. The zero-order chi connectivity index (χ0) is 12.3. The van der Waals surface area contributed by atoms with Crippen molar-refractivity contribution in [2.24, 2.45) is 0 Å². The van der Waals surface area contributed by atoms with Gasteiger partial charge in [-0.3, -0.25) is 0 Å². The molecule has 0 bridgehead atoms. The predicted molar refractivity (Wildman–Crippen MR) is 65.8 cm³/mol. The SMILES string of the molecule is COC(=O)C(O)(c1ccccc1)c1cccs1. The van der Waals surface area contributed by atoms with Gasteiger partial charge in [0.25, 0.3) is 0 Å². The number of thiophene rings is 1. The lowest BCUT2D eigenvalue weighted by Crippen LogP contribution is -2.37. The quantitative estimate of drug-likeness (QED) is 0.847. The average Bonchev–Trinajstić information content (AvgIpc) is 2.92. The van der Waals surface area contributed by atoms with E-state index >= 15 is 0 Å². The largest absolute Gasteiger partial charge is 0.466 e. The highest BCUT2D eigenvalue weighted by atomic mass is 32.1. The summed E-state index contributed by atoms with van der Waals surface area (Å²) in [5.74, 6) is -0.675. The van der Waals surface area contributed by atoms with Crippen molar-refractivity contribution >= 4 is 17.3 Å². The molecule has 0 amide bonds. The summed E-state index contributed by atoms with van der Waals surface area (Å²) < 4.78 is 4.71.